The fourth-order valence-electron chi connectivity index (χ4n) is 3.09. The van der Waals surface area contributed by atoms with Gasteiger partial charge in [0.2, 0.25) is 5.91 Å². The van der Waals surface area contributed by atoms with Crippen LogP contribution in [-0.4, -0.2) is 74.3 Å². The third-order valence-corrected chi connectivity index (χ3v) is 4.46. The van der Waals surface area contributed by atoms with Crippen LogP contribution in [0.15, 0.2) is 24.3 Å². The molecule has 0 radical (unpaired) electrons. The minimum Gasteiger partial charge on any atom is -0.497 e. The Balaban J connectivity index is 1.37. The van der Waals surface area contributed by atoms with Crippen LogP contribution in [0.1, 0.15) is 5.56 Å². The first-order chi connectivity index (χ1) is 11.7. The van der Waals surface area contributed by atoms with Gasteiger partial charge in [-0.15, -0.1) is 0 Å². The van der Waals surface area contributed by atoms with Gasteiger partial charge in [0, 0.05) is 26.2 Å². The van der Waals surface area contributed by atoms with Gasteiger partial charge in [0.15, 0.2) is 0 Å². The highest BCUT2D eigenvalue weighted by atomic mass is 16.6. The second-order valence-corrected chi connectivity index (χ2v) is 6.11. The van der Waals surface area contributed by atoms with Gasteiger partial charge in [-0.25, -0.2) is 4.79 Å². The zero-order valence-corrected chi connectivity index (χ0v) is 13.9. The van der Waals surface area contributed by atoms with Crippen molar-refractivity contribution in [3.63, 3.8) is 0 Å². The van der Waals surface area contributed by atoms with E-state index in [1.807, 2.05) is 24.3 Å². The van der Waals surface area contributed by atoms with E-state index in [2.05, 4.69) is 10.2 Å². The predicted octanol–water partition coefficient (Wildman–Crippen LogP) is 0.490. The van der Waals surface area contributed by atoms with Gasteiger partial charge in [-0.3, -0.25) is 14.6 Å². The molecule has 0 bridgehead atoms. The Morgan fingerprint density at radius 2 is 2.12 bits per heavy atom. The van der Waals surface area contributed by atoms with Crippen LogP contribution in [0.4, 0.5) is 4.79 Å². The van der Waals surface area contributed by atoms with Crippen molar-refractivity contribution in [3.05, 3.63) is 29.8 Å². The van der Waals surface area contributed by atoms with E-state index >= 15 is 0 Å². The quantitative estimate of drug-likeness (QED) is 0.820. The van der Waals surface area contributed by atoms with E-state index in [0.29, 0.717) is 39.3 Å². The molecular weight excluding hydrogens is 310 g/mol. The Morgan fingerprint density at radius 1 is 1.33 bits per heavy atom. The summed E-state index contributed by atoms with van der Waals surface area (Å²) in [6.07, 6.45) is 0.553. The average molecular weight is 333 g/mol. The molecule has 2 aliphatic heterocycles. The zero-order chi connectivity index (χ0) is 16.9. The van der Waals surface area contributed by atoms with Gasteiger partial charge in [-0.1, -0.05) is 12.1 Å². The van der Waals surface area contributed by atoms with Gasteiger partial charge < -0.3 is 14.8 Å². The van der Waals surface area contributed by atoms with Crippen molar-refractivity contribution in [1.29, 1.82) is 0 Å². The van der Waals surface area contributed by atoms with E-state index in [0.717, 1.165) is 17.7 Å². The lowest BCUT2D eigenvalue weighted by molar-refractivity contribution is -0.122. The molecule has 7 nitrogen and oxygen atoms in total. The van der Waals surface area contributed by atoms with Crippen LogP contribution < -0.4 is 10.1 Å². The second kappa shape index (κ2) is 7.53. The summed E-state index contributed by atoms with van der Waals surface area (Å²) in [4.78, 5) is 27.3. The average Bonchev–Trinajstić information content (AvgIpc) is 2.96. The largest absolute Gasteiger partial charge is 0.497 e. The van der Waals surface area contributed by atoms with Crippen LogP contribution in [0.5, 0.6) is 5.75 Å². The molecule has 1 N–H and O–H groups in total. The monoisotopic (exact) mass is 333 g/mol. The minimum atomic E-state index is -0.233. The summed E-state index contributed by atoms with van der Waals surface area (Å²) in [5, 5.41) is 2.95. The number of ether oxygens (including phenoxy) is 2. The van der Waals surface area contributed by atoms with Crippen molar-refractivity contribution in [1.82, 2.24) is 15.1 Å². The van der Waals surface area contributed by atoms with Crippen molar-refractivity contribution >= 4 is 12.0 Å². The highest BCUT2D eigenvalue weighted by molar-refractivity contribution is 5.78. The van der Waals surface area contributed by atoms with Crippen LogP contribution in [-0.2, 0) is 16.0 Å². The maximum Gasteiger partial charge on any atom is 0.410 e. The minimum absolute atomic E-state index is 0.0159. The fourth-order valence-corrected chi connectivity index (χ4v) is 3.09. The maximum absolute atomic E-state index is 12.1. The number of hydrogen-bond acceptors (Lipinski definition) is 5. The van der Waals surface area contributed by atoms with E-state index in [-0.39, 0.29) is 18.0 Å². The molecule has 1 aromatic carbocycles. The van der Waals surface area contributed by atoms with E-state index in [1.54, 1.807) is 12.0 Å². The van der Waals surface area contributed by atoms with Gasteiger partial charge in [-0.05, 0) is 24.1 Å². The Kier molecular flexibility index (Phi) is 5.20. The first-order valence-corrected chi connectivity index (χ1v) is 8.21. The van der Waals surface area contributed by atoms with Crippen LogP contribution in [0, 0.1) is 0 Å². The summed E-state index contributed by atoms with van der Waals surface area (Å²) in [6, 6.07) is 7.92. The number of hydrogen-bond donors (Lipinski definition) is 1. The van der Waals surface area contributed by atoms with E-state index in [1.165, 1.54) is 0 Å². The van der Waals surface area contributed by atoms with Gasteiger partial charge >= 0.3 is 6.09 Å². The van der Waals surface area contributed by atoms with Crippen molar-refractivity contribution in [2.75, 3.05) is 46.4 Å². The third kappa shape index (κ3) is 3.97. The molecule has 0 aliphatic carbocycles. The van der Waals surface area contributed by atoms with Crippen molar-refractivity contribution in [3.8, 4) is 5.75 Å². The first kappa shape index (κ1) is 16.6. The molecule has 1 atom stereocenters. The molecule has 2 fully saturated rings. The number of carbonyl (C=O) groups is 2. The van der Waals surface area contributed by atoms with Gasteiger partial charge in [0.05, 0.1) is 19.7 Å². The van der Waals surface area contributed by atoms with Gasteiger partial charge in [-0.2, -0.15) is 0 Å². The van der Waals surface area contributed by atoms with Crippen molar-refractivity contribution < 1.29 is 19.1 Å². The summed E-state index contributed by atoms with van der Waals surface area (Å²) in [7, 11) is 1.64. The number of rotatable bonds is 6. The lowest BCUT2D eigenvalue weighted by Gasteiger charge is -2.34. The van der Waals surface area contributed by atoms with Crippen LogP contribution in [0.3, 0.4) is 0 Å². The summed E-state index contributed by atoms with van der Waals surface area (Å²) in [5.41, 5.74) is 1.16. The topological polar surface area (TPSA) is 71.1 Å². The lowest BCUT2D eigenvalue weighted by Crippen LogP contribution is -2.54. The Labute approximate surface area is 141 Å². The normalized spacial score (nSPS) is 20.5. The number of nitrogens with one attached hydrogen (secondary N) is 1. The van der Waals surface area contributed by atoms with Gasteiger partial charge in [0.1, 0.15) is 12.4 Å². The zero-order valence-electron chi connectivity index (χ0n) is 13.9. The number of nitrogens with zero attached hydrogens (tertiary/aromatic N) is 2. The number of fused-ring (bicyclic) bond motifs is 1. The molecule has 2 saturated heterocycles. The van der Waals surface area contributed by atoms with E-state index < -0.39 is 0 Å². The molecule has 3 rings (SSSR count). The predicted molar refractivity (Wildman–Crippen MR) is 88.0 cm³/mol. The number of piperazine rings is 1. The van der Waals surface area contributed by atoms with Crippen LogP contribution >= 0.6 is 0 Å². The highest BCUT2D eigenvalue weighted by Crippen LogP contribution is 2.17. The fraction of sp³-hybridized carbons (Fsp3) is 0.529. The molecule has 24 heavy (non-hydrogen) atoms. The van der Waals surface area contributed by atoms with Crippen molar-refractivity contribution in [2.24, 2.45) is 0 Å². The first-order valence-electron chi connectivity index (χ1n) is 8.21. The molecule has 2 aliphatic rings. The number of cyclic esters (lactones) is 1. The standard InChI is InChI=1S/C17H23N3O4/c1-23-15-4-2-13(3-5-15)6-7-18-16(21)11-19-8-9-20-14(10-19)12-24-17(20)22/h2-5,14H,6-12H2,1H3,(H,18,21). The van der Waals surface area contributed by atoms with E-state index in [9.17, 15) is 9.59 Å². The summed E-state index contributed by atoms with van der Waals surface area (Å²) < 4.78 is 10.2. The van der Waals surface area contributed by atoms with Crippen LogP contribution in [0.2, 0.25) is 0 Å². The van der Waals surface area contributed by atoms with Crippen molar-refractivity contribution in [2.45, 2.75) is 12.5 Å². The summed E-state index contributed by atoms with van der Waals surface area (Å²) in [5.74, 6) is 0.846. The summed E-state index contributed by atoms with van der Waals surface area (Å²) in [6.45, 7) is 3.42. The van der Waals surface area contributed by atoms with Crippen LogP contribution in [0.25, 0.3) is 0 Å². The smallest absolute Gasteiger partial charge is 0.410 e. The van der Waals surface area contributed by atoms with Gasteiger partial charge in [0.25, 0.3) is 0 Å². The Morgan fingerprint density at radius 3 is 2.88 bits per heavy atom. The SMILES string of the molecule is COc1ccc(CCNC(=O)CN2CCN3C(=O)OCC3C2)cc1. The van der Waals surface area contributed by atoms with E-state index in [4.69, 9.17) is 9.47 Å². The molecule has 0 spiro atoms. The number of amides is 2. The molecule has 1 aromatic rings. The number of carbonyl (C=O) groups excluding carboxylic acids is 2. The molecule has 2 amide bonds. The molecule has 0 saturated carbocycles. The Hall–Kier alpha value is -2.28. The number of benzene rings is 1. The Bertz CT molecular complexity index is 590. The molecular formula is C17H23N3O4. The molecule has 1 unspecified atom stereocenters. The molecule has 2 heterocycles. The number of methoxy groups -OCH3 is 1. The lowest BCUT2D eigenvalue weighted by atomic mass is 10.1. The molecule has 7 heteroatoms. The maximum atomic E-state index is 12.1. The third-order valence-electron chi connectivity index (χ3n) is 4.46. The second-order valence-electron chi connectivity index (χ2n) is 6.11. The molecule has 0 aromatic heterocycles. The molecule has 130 valence electrons. The highest BCUT2D eigenvalue weighted by Gasteiger charge is 2.37. The summed E-state index contributed by atoms with van der Waals surface area (Å²) >= 11 is 0.